The Hall–Kier alpha value is -0.620. The number of carboxylic acids is 1. The fraction of sp³-hybridized carbons (Fsp3) is 0.875. The van der Waals surface area contributed by atoms with Crippen LogP contribution >= 0.6 is 0 Å². The van der Waals surface area contributed by atoms with E-state index in [1.54, 1.807) is 0 Å². The molecule has 0 heterocycles. The van der Waals surface area contributed by atoms with Crippen LogP contribution in [0.15, 0.2) is 0 Å². The van der Waals surface area contributed by atoms with Crippen LogP contribution in [0.2, 0.25) is 0 Å². The highest BCUT2D eigenvalue weighted by atomic mass is 32.2. The first kappa shape index (κ1) is 13.4. The number of carbonyl (C=O) groups is 1. The minimum absolute atomic E-state index is 0.313. The van der Waals surface area contributed by atoms with Gasteiger partial charge in [-0.2, -0.15) is 0 Å². The predicted octanol–water partition coefficient (Wildman–Crippen LogP) is 0.427. The molecule has 0 rings (SSSR count). The van der Waals surface area contributed by atoms with Crippen LogP contribution in [0.5, 0.6) is 0 Å². The molecule has 14 heavy (non-hydrogen) atoms. The summed E-state index contributed by atoms with van der Waals surface area (Å²) < 4.78 is 24.2. The molecule has 0 aromatic heterocycles. The molecule has 0 spiro atoms. The molecule has 0 unspecified atom stereocenters. The third-order valence-electron chi connectivity index (χ3n) is 1.59. The molecular formula is C8H17NO4S. The Morgan fingerprint density at radius 1 is 1.43 bits per heavy atom. The largest absolute Gasteiger partial charge is 0.480 e. The summed E-state index contributed by atoms with van der Waals surface area (Å²) in [7, 11) is -3.63. The summed E-state index contributed by atoms with van der Waals surface area (Å²) in [6, 6.07) is 0. The lowest BCUT2D eigenvalue weighted by atomic mass is 10.1. The highest BCUT2D eigenvalue weighted by Gasteiger charge is 2.14. The highest BCUT2D eigenvalue weighted by molar-refractivity contribution is 7.90. The van der Waals surface area contributed by atoms with Crippen molar-refractivity contribution in [3.8, 4) is 0 Å². The van der Waals surface area contributed by atoms with Crippen LogP contribution in [0.25, 0.3) is 0 Å². The summed E-state index contributed by atoms with van der Waals surface area (Å²) >= 11 is 0. The summed E-state index contributed by atoms with van der Waals surface area (Å²) in [5.41, 5.74) is 0. The van der Waals surface area contributed by atoms with Crippen LogP contribution in [-0.2, 0) is 14.8 Å². The number of nitrogens with one attached hydrogen (secondary N) is 1. The molecule has 0 saturated heterocycles. The van der Waals surface area contributed by atoms with E-state index in [1.165, 1.54) is 0 Å². The maximum absolute atomic E-state index is 11.0. The molecule has 0 amide bonds. The van der Waals surface area contributed by atoms with Crippen molar-refractivity contribution < 1.29 is 18.3 Å². The van der Waals surface area contributed by atoms with Crippen LogP contribution in [-0.4, -0.2) is 31.8 Å². The predicted molar refractivity (Wildman–Crippen MR) is 53.5 cm³/mol. The molecule has 0 fully saturated rings. The van der Waals surface area contributed by atoms with Gasteiger partial charge in [0.1, 0.15) is 0 Å². The molecule has 0 radical (unpaired) electrons. The standard InChI is InChI=1S/C8H17NO4S/c1-7(2)4-3-5-9-14(12,13)6-8(10)11/h7,9H,3-6H2,1-2H3,(H,10,11). The number of hydrogen-bond acceptors (Lipinski definition) is 3. The average molecular weight is 223 g/mol. The van der Waals surface area contributed by atoms with Crippen molar-refractivity contribution in [2.45, 2.75) is 26.7 Å². The summed E-state index contributed by atoms with van der Waals surface area (Å²) in [4.78, 5) is 10.1. The minimum Gasteiger partial charge on any atom is -0.480 e. The molecule has 84 valence electrons. The zero-order valence-corrected chi connectivity index (χ0v) is 9.30. The number of hydrogen-bond donors (Lipinski definition) is 2. The van der Waals surface area contributed by atoms with Crippen molar-refractivity contribution in [2.24, 2.45) is 5.92 Å². The molecule has 0 aliphatic heterocycles. The monoisotopic (exact) mass is 223 g/mol. The van der Waals surface area contributed by atoms with E-state index in [0.29, 0.717) is 12.5 Å². The number of carboxylic acid groups (broad SMARTS) is 1. The van der Waals surface area contributed by atoms with Gasteiger partial charge in [-0.1, -0.05) is 13.8 Å². The Morgan fingerprint density at radius 3 is 2.43 bits per heavy atom. The number of sulfonamides is 1. The Labute approximate surface area is 84.6 Å². The van der Waals surface area contributed by atoms with Gasteiger partial charge in [-0.25, -0.2) is 13.1 Å². The Morgan fingerprint density at radius 2 is 2.00 bits per heavy atom. The quantitative estimate of drug-likeness (QED) is 0.613. The van der Waals surface area contributed by atoms with Crippen LogP contribution in [0.4, 0.5) is 0 Å². The van der Waals surface area contributed by atoms with Gasteiger partial charge in [0.15, 0.2) is 5.75 Å². The van der Waals surface area contributed by atoms with Crippen molar-refractivity contribution in [3.63, 3.8) is 0 Å². The van der Waals surface area contributed by atoms with Gasteiger partial charge in [0.2, 0.25) is 10.0 Å². The average Bonchev–Trinajstić information content (AvgIpc) is 1.95. The second kappa shape index (κ2) is 5.98. The summed E-state index contributed by atoms with van der Waals surface area (Å²) in [5.74, 6) is -1.66. The van der Waals surface area contributed by atoms with E-state index in [2.05, 4.69) is 4.72 Å². The molecule has 0 aliphatic rings. The van der Waals surface area contributed by atoms with Crippen molar-refractivity contribution in [2.75, 3.05) is 12.3 Å². The Kier molecular flexibility index (Phi) is 5.71. The van der Waals surface area contributed by atoms with E-state index in [1.807, 2.05) is 13.8 Å². The molecule has 6 heteroatoms. The molecule has 0 aliphatic carbocycles. The van der Waals surface area contributed by atoms with Gasteiger partial charge in [-0.15, -0.1) is 0 Å². The highest BCUT2D eigenvalue weighted by Crippen LogP contribution is 2.02. The van der Waals surface area contributed by atoms with E-state index >= 15 is 0 Å². The molecule has 0 atom stereocenters. The lowest BCUT2D eigenvalue weighted by molar-refractivity contribution is -0.134. The van der Waals surface area contributed by atoms with Gasteiger partial charge < -0.3 is 5.11 Å². The van der Waals surface area contributed by atoms with E-state index in [4.69, 9.17) is 5.11 Å². The lowest BCUT2D eigenvalue weighted by Gasteiger charge is -2.05. The number of aliphatic carboxylic acids is 1. The van der Waals surface area contributed by atoms with Gasteiger partial charge in [0.25, 0.3) is 0 Å². The molecule has 0 aromatic carbocycles. The zero-order valence-electron chi connectivity index (χ0n) is 8.49. The summed E-state index contributed by atoms with van der Waals surface area (Å²) in [5, 5.41) is 8.27. The van der Waals surface area contributed by atoms with E-state index in [0.717, 1.165) is 12.8 Å². The Bertz CT molecular complexity index is 271. The first-order valence-corrected chi connectivity index (χ1v) is 6.18. The van der Waals surface area contributed by atoms with E-state index < -0.39 is 21.7 Å². The molecule has 0 saturated carbocycles. The van der Waals surface area contributed by atoms with Crippen molar-refractivity contribution in [3.05, 3.63) is 0 Å². The van der Waals surface area contributed by atoms with Gasteiger partial charge in [-0.3, -0.25) is 4.79 Å². The second-order valence-electron chi connectivity index (χ2n) is 3.58. The van der Waals surface area contributed by atoms with Gasteiger partial charge in [0.05, 0.1) is 0 Å². The normalized spacial score (nSPS) is 11.9. The maximum Gasteiger partial charge on any atom is 0.320 e. The van der Waals surface area contributed by atoms with Crippen molar-refractivity contribution in [1.82, 2.24) is 4.72 Å². The number of rotatable bonds is 7. The maximum atomic E-state index is 11.0. The first-order valence-electron chi connectivity index (χ1n) is 4.52. The second-order valence-corrected chi connectivity index (χ2v) is 5.39. The molecular weight excluding hydrogens is 206 g/mol. The van der Waals surface area contributed by atoms with Crippen LogP contribution in [0.3, 0.4) is 0 Å². The molecule has 0 aromatic rings. The summed E-state index contributed by atoms with van der Waals surface area (Å²) in [6.45, 7) is 4.41. The minimum atomic E-state index is -3.63. The summed E-state index contributed by atoms with van der Waals surface area (Å²) in [6.07, 6.45) is 1.66. The molecule has 5 nitrogen and oxygen atoms in total. The zero-order chi connectivity index (χ0) is 11.2. The van der Waals surface area contributed by atoms with Crippen LogP contribution in [0.1, 0.15) is 26.7 Å². The van der Waals surface area contributed by atoms with Crippen LogP contribution in [0, 0.1) is 5.92 Å². The van der Waals surface area contributed by atoms with Gasteiger partial charge in [0, 0.05) is 6.54 Å². The van der Waals surface area contributed by atoms with Crippen LogP contribution < -0.4 is 4.72 Å². The van der Waals surface area contributed by atoms with E-state index in [-0.39, 0.29) is 0 Å². The fourth-order valence-corrected chi connectivity index (χ4v) is 1.83. The van der Waals surface area contributed by atoms with E-state index in [9.17, 15) is 13.2 Å². The van der Waals surface area contributed by atoms with Crippen molar-refractivity contribution >= 4 is 16.0 Å². The Balaban J connectivity index is 3.72. The van der Waals surface area contributed by atoms with Gasteiger partial charge in [-0.05, 0) is 18.8 Å². The smallest absolute Gasteiger partial charge is 0.320 e. The topological polar surface area (TPSA) is 83.5 Å². The molecule has 2 N–H and O–H groups in total. The SMILES string of the molecule is CC(C)CCCNS(=O)(=O)CC(=O)O. The fourth-order valence-electron chi connectivity index (χ4n) is 0.952. The third kappa shape index (κ3) is 8.00. The van der Waals surface area contributed by atoms with Crippen molar-refractivity contribution in [1.29, 1.82) is 0 Å². The van der Waals surface area contributed by atoms with Gasteiger partial charge >= 0.3 is 5.97 Å². The first-order chi connectivity index (χ1) is 6.33. The molecule has 0 bridgehead atoms. The third-order valence-corrected chi connectivity index (χ3v) is 2.86. The lowest BCUT2D eigenvalue weighted by Crippen LogP contribution is -2.30.